The van der Waals surface area contributed by atoms with E-state index in [0.29, 0.717) is 16.9 Å². The third-order valence-electron chi connectivity index (χ3n) is 2.50. The second kappa shape index (κ2) is 6.22. The zero-order valence-corrected chi connectivity index (χ0v) is 11.8. The van der Waals surface area contributed by atoms with E-state index < -0.39 is 11.5 Å². The van der Waals surface area contributed by atoms with Crippen molar-refractivity contribution in [2.24, 2.45) is 0 Å². The molecule has 2 nitrogen and oxygen atoms in total. The van der Waals surface area contributed by atoms with E-state index in [2.05, 4.69) is 0 Å². The van der Waals surface area contributed by atoms with Gasteiger partial charge in [-0.1, -0.05) is 24.3 Å². The highest BCUT2D eigenvalue weighted by molar-refractivity contribution is 8.00. The van der Waals surface area contributed by atoms with Crippen LogP contribution in [0.3, 0.4) is 0 Å². The molecule has 21 heavy (non-hydrogen) atoms. The van der Waals surface area contributed by atoms with Crippen molar-refractivity contribution in [2.45, 2.75) is 17.3 Å². The molecule has 0 fully saturated rings. The van der Waals surface area contributed by atoms with Gasteiger partial charge in [-0.2, -0.15) is 13.2 Å². The molecule has 0 N–H and O–H groups in total. The van der Waals surface area contributed by atoms with Crippen LogP contribution in [-0.2, 0) is 4.79 Å². The van der Waals surface area contributed by atoms with Gasteiger partial charge in [0.05, 0.1) is 0 Å². The van der Waals surface area contributed by atoms with Gasteiger partial charge in [-0.25, -0.2) is 0 Å². The van der Waals surface area contributed by atoms with Crippen molar-refractivity contribution in [1.29, 1.82) is 0 Å². The highest BCUT2D eigenvalue weighted by Crippen LogP contribution is 2.38. The Morgan fingerprint density at radius 1 is 1.05 bits per heavy atom. The summed E-state index contributed by atoms with van der Waals surface area (Å²) in [5.74, 6) is -0.0950. The number of hydrogen-bond donors (Lipinski definition) is 0. The summed E-state index contributed by atoms with van der Waals surface area (Å²) >= 11 is -0.161. The van der Waals surface area contributed by atoms with Crippen LogP contribution in [0.1, 0.15) is 6.92 Å². The summed E-state index contributed by atoms with van der Waals surface area (Å²) < 4.78 is 42.1. The van der Waals surface area contributed by atoms with Gasteiger partial charge < -0.3 is 4.74 Å². The van der Waals surface area contributed by atoms with E-state index in [0.717, 1.165) is 0 Å². The Hall–Kier alpha value is -1.95. The molecule has 6 heteroatoms. The third kappa shape index (κ3) is 4.82. The highest BCUT2D eigenvalue weighted by Gasteiger charge is 2.29. The molecule has 0 spiro atoms. The molecule has 2 aromatic rings. The Morgan fingerprint density at radius 3 is 2.29 bits per heavy atom. The van der Waals surface area contributed by atoms with Crippen molar-refractivity contribution < 1.29 is 22.7 Å². The predicted octanol–water partition coefficient (Wildman–Crippen LogP) is 4.89. The molecule has 0 aliphatic carbocycles. The second-order valence-corrected chi connectivity index (χ2v) is 5.34. The summed E-state index contributed by atoms with van der Waals surface area (Å²) in [7, 11) is 0. The van der Waals surface area contributed by atoms with E-state index in [1.54, 1.807) is 36.4 Å². The SMILES string of the molecule is CC(=O)Oc1cccc(-c2cccc(SC(F)(F)F)c2)c1. The monoisotopic (exact) mass is 312 g/mol. The molecule has 0 bridgehead atoms. The number of ether oxygens (including phenoxy) is 1. The fourth-order valence-corrected chi connectivity index (χ4v) is 2.38. The van der Waals surface area contributed by atoms with E-state index in [4.69, 9.17) is 4.74 Å². The Balaban J connectivity index is 2.29. The quantitative estimate of drug-likeness (QED) is 0.458. The van der Waals surface area contributed by atoms with Crippen LogP contribution < -0.4 is 4.74 Å². The van der Waals surface area contributed by atoms with Crippen molar-refractivity contribution >= 4 is 17.7 Å². The molecule has 0 aliphatic rings. The molecular weight excluding hydrogens is 301 g/mol. The van der Waals surface area contributed by atoms with E-state index >= 15 is 0 Å². The zero-order chi connectivity index (χ0) is 15.5. The number of rotatable bonds is 3. The maximum Gasteiger partial charge on any atom is 0.446 e. The number of hydrogen-bond acceptors (Lipinski definition) is 3. The lowest BCUT2D eigenvalue weighted by molar-refractivity contribution is -0.131. The van der Waals surface area contributed by atoms with Crippen LogP contribution in [0.5, 0.6) is 5.75 Å². The summed E-state index contributed by atoms with van der Waals surface area (Å²) in [4.78, 5) is 11.0. The minimum absolute atomic E-state index is 0.109. The summed E-state index contributed by atoms with van der Waals surface area (Å²) in [5.41, 5.74) is -3.02. The first-order valence-electron chi connectivity index (χ1n) is 5.98. The Bertz CT molecular complexity index is 653. The lowest BCUT2D eigenvalue weighted by Crippen LogP contribution is -2.01. The van der Waals surface area contributed by atoms with E-state index in [9.17, 15) is 18.0 Å². The third-order valence-corrected chi connectivity index (χ3v) is 3.22. The van der Waals surface area contributed by atoms with Crippen molar-refractivity contribution in [2.75, 3.05) is 0 Å². The molecule has 2 aromatic carbocycles. The normalized spacial score (nSPS) is 11.2. The minimum atomic E-state index is -4.32. The summed E-state index contributed by atoms with van der Waals surface area (Å²) in [6.07, 6.45) is 0. The van der Waals surface area contributed by atoms with Crippen molar-refractivity contribution in [3.8, 4) is 16.9 Å². The number of benzene rings is 2. The maximum atomic E-state index is 12.4. The predicted molar refractivity (Wildman–Crippen MR) is 75.1 cm³/mol. The largest absolute Gasteiger partial charge is 0.446 e. The van der Waals surface area contributed by atoms with Crippen LogP contribution >= 0.6 is 11.8 Å². The highest BCUT2D eigenvalue weighted by atomic mass is 32.2. The smallest absolute Gasteiger partial charge is 0.427 e. The molecule has 0 aromatic heterocycles. The molecule has 2 rings (SSSR count). The van der Waals surface area contributed by atoms with Crippen LogP contribution in [0.4, 0.5) is 13.2 Å². The van der Waals surface area contributed by atoms with Gasteiger partial charge in [0.2, 0.25) is 0 Å². The number of alkyl halides is 3. The lowest BCUT2D eigenvalue weighted by Gasteiger charge is -2.09. The first-order valence-corrected chi connectivity index (χ1v) is 6.80. The van der Waals surface area contributed by atoms with Crippen molar-refractivity contribution in [3.63, 3.8) is 0 Å². The fourth-order valence-electron chi connectivity index (χ4n) is 1.78. The van der Waals surface area contributed by atoms with Gasteiger partial charge in [-0.3, -0.25) is 4.79 Å². The average Bonchev–Trinajstić information content (AvgIpc) is 2.36. The van der Waals surface area contributed by atoms with E-state index in [-0.39, 0.29) is 16.7 Å². The Labute approximate surface area is 123 Å². The van der Waals surface area contributed by atoms with Crippen LogP contribution in [0.15, 0.2) is 53.4 Å². The average molecular weight is 312 g/mol. The molecule has 0 unspecified atom stereocenters. The molecule has 0 radical (unpaired) electrons. The Kier molecular flexibility index (Phi) is 4.57. The first kappa shape index (κ1) is 15.4. The van der Waals surface area contributed by atoms with Gasteiger partial charge >= 0.3 is 11.5 Å². The Morgan fingerprint density at radius 2 is 1.67 bits per heavy atom. The standard InChI is InChI=1S/C15H11F3O2S/c1-10(19)20-13-6-2-4-11(8-13)12-5-3-7-14(9-12)21-15(16,17)18/h2-9H,1H3. The van der Waals surface area contributed by atoms with Crippen LogP contribution in [0.2, 0.25) is 0 Å². The lowest BCUT2D eigenvalue weighted by atomic mass is 10.1. The van der Waals surface area contributed by atoms with Crippen molar-refractivity contribution in [1.82, 2.24) is 0 Å². The molecule has 0 saturated heterocycles. The van der Waals surface area contributed by atoms with Crippen LogP contribution in [0.25, 0.3) is 11.1 Å². The number of esters is 1. The van der Waals surface area contributed by atoms with Crippen molar-refractivity contribution in [3.05, 3.63) is 48.5 Å². The van der Waals surface area contributed by atoms with E-state index in [1.807, 2.05) is 0 Å². The summed E-state index contributed by atoms with van der Waals surface area (Å²) in [6.45, 7) is 1.28. The van der Waals surface area contributed by atoms with Gasteiger partial charge in [0.25, 0.3) is 0 Å². The number of carbonyl (C=O) groups is 1. The van der Waals surface area contributed by atoms with Crippen LogP contribution in [-0.4, -0.2) is 11.5 Å². The van der Waals surface area contributed by atoms with Gasteiger partial charge in [0, 0.05) is 11.8 Å². The van der Waals surface area contributed by atoms with E-state index in [1.165, 1.54) is 19.1 Å². The first-order chi connectivity index (χ1) is 9.83. The second-order valence-electron chi connectivity index (χ2n) is 4.20. The summed E-state index contributed by atoms with van der Waals surface area (Å²) in [6, 6.07) is 12.7. The summed E-state index contributed by atoms with van der Waals surface area (Å²) in [5, 5.41) is 0. The molecular formula is C15H11F3O2S. The molecule has 0 saturated carbocycles. The van der Waals surface area contributed by atoms with Gasteiger partial charge in [-0.05, 0) is 47.2 Å². The van der Waals surface area contributed by atoms with Gasteiger partial charge in [0.15, 0.2) is 0 Å². The van der Waals surface area contributed by atoms with Gasteiger partial charge in [-0.15, -0.1) is 0 Å². The number of thioether (sulfide) groups is 1. The van der Waals surface area contributed by atoms with Gasteiger partial charge in [0.1, 0.15) is 5.75 Å². The zero-order valence-electron chi connectivity index (χ0n) is 11.0. The number of halogens is 3. The molecule has 110 valence electrons. The minimum Gasteiger partial charge on any atom is -0.427 e. The van der Waals surface area contributed by atoms with Crippen LogP contribution in [0, 0.1) is 0 Å². The number of carbonyl (C=O) groups excluding carboxylic acids is 1. The molecule has 0 aliphatic heterocycles. The topological polar surface area (TPSA) is 26.3 Å². The fraction of sp³-hybridized carbons (Fsp3) is 0.133. The molecule has 0 amide bonds. The molecule has 0 atom stereocenters. The molecule has 0 heterocycles. The maximum absolute atomic E-state index is 12.4.